The summed E-state index contributed by atoms with van der Waals surface area (Å²) in [6.45, 7) is 1.49. The average Bonchev–Trinajstić information content (AvgIpc) is 3.51. The van der Waals surface area contributed by atoms with Crippen LogP contribution in [0.15, 0.2) is 59.3 Å². The Hall–Kier alpha value is -3.98. The Labute approximate surface area is 211 Å². The summed E-state index contributed by atoms with van der Waals surface area (Å²) in [5.41, 5.74) is 3.92. The normalized spacial score (nSPS) is 14.8. The molecular weight excluding hydrogens is 480 g/mol. The second-order valence-corrected chi connectivity index (χ2v) is 9.54. The smallest absolute Gasteiger partial charge is 0.341 e. The molecule has 9 heteroatoms. The largest absolute Gasteiger partial charge is 0.462 e. The number of carbonyl (C=O) groups excluding carboxylic acids is 3. The van der Waals surface area contributed by atoms with Gasteiger partial charge in [-0.1, -0.05) is 30.3 Å². The number of hydrogen-bond acceptors (Lipinski definition) is 8. The molecule has 0 aliphatic heterocycles. The van der Waals surface area contributed by atoms with Crippen LogP contribution in [-0.4, -0.2) is 36.0 Å². The number of hydrogen-bond donors (Lipinski definition) is 1. The van der Waals surface area contributed by atoms with E-state index in [4.69, 9.17) is 13.9 Å². The number of nitrogens with one attached hydrogen (secondary N) is 1. The second kappa shape index (κ2) is 10.3. The highest BCUT2D eigenvalue weighted by atomic mass is 32.1. The number of esters is 2. The van der Waals surface area contributed by atoms with Gasteiger partial charge < -0.3 is 19.2 Å². The fourth-order valence-corrected chi connectivity index (χ4v) is 5.80. The van der Waals surface area contributed by atoms with E-state index in [1.165, 1.54) is 29.4 Å². The van der Waals surface area contributed by atoms with Gasteiger partial charge in [0.05, 0.1) is 17.7 Å². The summed E-state index contributed by atoms with van der Waals surface area (Å²) >= 11 is 1.38. The highest BCUT2D eigenvalue weighted by molar-refractivity contribution is 7.17. The Morgan fingerprint density at radius 2 is 1.94 bits per heavy atom. The molecule has 8 nitrogen and oxygen atoms in total. The molecule has 1 unspecified atom stereocenters. The molecule has 4 aromatic rings. The summed E-state index contributed by atoms with van der Waals surface area (Å²) in [7, 11) is 0. The fraction of sp³-hybridized carbons (Fsp3) is 0.259. The molecule has 2 aromatic carbocycles. The number of amides is 1. The monoisotopic (exact) mass is 504 g/mol. The lowest BCUT2D eigenvalue weighted by molar-refractivity contribution is -0.119. The van der Waals surface area contributed by atoms with E-state index >= 15 is 0 Å². The van der Waals surface area contributed by atoms with Gasteiger partial charge in [0.2, 0.25) is 0 Å². The zero-order valence-electron chi connectivity index (χ0n) is 19.6. The van der Waals surface area contributed by atoms with Gasteiger partial charge in [0.1, 0.15) is 10.5 Å². The molecule has 36 heavy (non-hydrogen) atoms. The molecule has 1 atom stereocenters. The van der Waals surface area contributed by atoms with Crippen LogP contribution in [0.1, 0.15) is 56.0 Å². The van der Waals surface area contributed by atoms with Gasteiger partial charge in [-0.2, -0.15) is 0 Å². The van der Waals surface area contributed by atoms with Crippen molar-refractivity contribution in [2.75, 3.05) is 18.5 Å². The molecule has 0 saturated heterocycles. The van der Waals surface area contributed by atoms with Crippen LogP contribution in [0.2, 0.25) is 0 Å². The van der Waals surface area contributed by atoms with E-state index in [1.54, 1.807) is 19.1 Å². The van der Waals surface area contributed by atoms with Crippen molar-refractivity contribution in [3.63, 3.8) is 0 Å². The van der Waals surface area contributed by atoms with Crippen molar-refractivity contribution in [2.45, 2.75) is 32.1 Å². The van der Waals surface area contributed by atoms with Gasteiger partial charge >= 0.3 is 11.9 Å². The van der Waals surface area contributed by atoms with E-state index in [9.17, 15) is 14.4 Å². The van der Waals surface area contributed by atoms with Crippen LogP contribution in [0.25, 0.3) is 11.1 Å². The molecule has 1 aliphatic carbocycles. The summed E-state index contributed by atoms with van der Waals surface area (Å²) in [4.78, 5) is 43.0. The maximum absolute atomic E-state index is 12.8. The summed E-state index contributed by atoms with van der Waals surface area (Å²) in [5, 5.41) is 3.20. The van der Waals surface area contributed by atoms with Crippen LogP contribution < -0.4 is 5.32 Å². The van der Waals surface area contributed by atoms with Crippen molar-refractivity contribution in [1.82, 2.24) is 4.98 Å². The number of thiophene rings is 1. The predicted molar refractivity (Wildman–Crippen MR) is 134 cm³/mol. The van der Waals surface area contributed by atoms with E-state index in [0.29, 0.717) is 27.6 Å². The van der Waals surface area contributed by atoms with Crippen LogP contribution in [-0.2, 0) is 27.1 Å². The zero-order chi connectivity index (χ0) is 25.1. The zero-order valence-corrected chi connectivity index (χ0v) is 20.4. The number of oxazole rings is 1. The summed E-state index contributed by atoms with van der Waals surface area (Å²) in [6, 6.07) is 15.0. The lowest BCUT2D eigenvalue weighted by Gasteiger charge is -2.23. The lowest BCUT2D eigenvalue weighted by Crippen LogP contribution is -2.22. The van der Waals surface area contributed by atoms with Crippen molar-refractivity contribution in [3.05, 3.63) is 82.1 Å². The Morgan fingerprint density at radius 1 is 1.11 bits per heavy atom. The van der Waals surface area contributed by atoms with E-state index in [2.05, 4.69) is 22.4 Å². The summed E-state index contributed by atoms with van der Waals surface area (Å²) < 4.78 is 15.6. The molecule has 0 fully saturated rings. The number of ether oxygens (including phenoxy) is 2. The lowest BCUT2D eigenvalue weighted by atomic mass is 9.83. The Balaban J connectivity index is 1.30. The minimum absolute atomic E-state index is 0.233. The number of fused-ring (bicyclic) bond motifs is 2. The second-order valence-electron chi connectivity index (χ2n) is 8.44. The molecule has 2 aromatic heterocycles. The highest BCUT2D eigenvalue weighted by Crippen LogP contribution is 2.42. The fourth-order valence-electron chi connectivity index (χ4n) is 4.46. The van der Waals surface area contributed by atoms with Crippen LogP contribution >= 0.6 is 11.3 Å². The third-order valence-corrected chi connectivity index (χ3v) is 7.34. The number of rotatable bonds is 7. The number of benzene rings is 2. The standard InChI is InChI=1S/C27H24N2O6S/c1-2-33-27(32)24-19-10-8-17(16-6-4-3-5-7-16)13-22(19)36-25(24)29-23(30)14-34-26(31)18-9-11-21-20(12-18)28-15-35-21/h3-7,9,11-12,15,17H,2,8,10,13-14H2,1H3,(H,29,30). The summed E-state index contributed by atoms with van der Waals surface area (Å²) in [5.74, 6) is -1.30. The van der Waals surface area contributed by atoms with Gasteiger partial charge in [0.25, 0.3) is 5.91 Å². The van der Waals surface area contributed by atoms with Gasteiger partial charge in [-0.15, -0.1) is 11.3 Å². The number of nitrogens with zero attached hydrogens (tertiary/aromatic N) is 1. The first-order valence-corrected chi connectivity index (χ1v) is 12.5. The van der Waals surface area contributed by atoms with E-state index in [1.807, 2.05) is 18.2 Å². The van der Waals surface area contributed by atoms with Crippen molar-refractivity contribution in [3.8, 4) is 0 Å². The SMILES string of the molecule is CCOC(=O)c1c(NC(=O)COC(=O)c2ccc3ocnc3c2)sc2c1CCC(c1ccccc1)C2. The molecule has 0 radical (unpaired) electrons. The molecule has 0 spiro atoms. The number of anilines is 1. The molecule has 2 heterocycles. The average molecular weight is 505 g/mol. The van der Waals surface area contributed by atoms with Gasteiger partial charge in [0, 0.05) is 4.88 Å². The maximum Gasteiger partial charge on any atom is 0.341 e. The van der Waals surface area contributed by atoms with Gasteiger partial charge in [-0.25, -0.2) is 14.6 Å². The van der Waals surface area contributed by atoms with Crippen molar-refractivity contribution in [2.24, 2.45) is 0 Å². The number of carbonyl (C=O) groups is 3. The van der Waals surface area contributed by atoms with Crippen LogP contribution in [0.4, 0.5) is 5.00 Å². The van der Waals surface area contributed by atoms with Crippen molar-refractivity contribution in [1.29, 1.82) is 0 Å². The maximum atomic E-state index is 12.8. The molecule has 1 aliphatic rings. The Bertz CT molecular complexity index is 1420. The molecule has 1 amide bonds. The van der Waals surface area contributed by atoms with E-state index < -0.39 is 24.5 Å². The molecule has 1 N–H and O–H groups in total. The quantitative estimate of drug-likeness (QED) is 0.348. The molecule has 0 bridgehead atoms. The van der Waals surface area contributed by atoms with Crippen LogP contribution in [0.3, 0.4) is 0 Å². The third-order valence-electron chi connectivity index (χ3n) is 6.17. The van der Waals surface area contributed by atoms with Crippen molar-refractivity contribution >= 4 is 45.3 Å². The minimum Gasteiger partial charge on any atom is -0.462 e. The van der Waals surface area contributed by atoms with E-state index in [0.717, 1.165) is 29.7 Å². The molecule has 5 rings (SSSR count). The first-order chi connectivity index (χ1) is 17.5. The molecule has 184 valence electrons. The van der Waals surface area contributed by atoms with Crippen LogP contribution in [0, 0.1) is 0 Å². The van der Waals surface area contributed by atoms with E-state index in [-0.39, 0.29) is 12.2 Å². The third kappa shape index (κ3) is 4.87. The highest BCUT2D eigenvalue weighted by Gasteiger charge is 2.31. The van der Waals surface area contributed by atoms with Gasteiger partial charge in [0.15, 0.2) is 18.6 Å². The predicted octanol–water partition coefficient (Wildman–Crippen LogP) is 5.13. The molecule has 0 saturated carbocycles. The Morgan fingerprint density at radius 3 is 2.75 bits per heavy atom. The van der Waals surface area contributed by atoms with Gasteiger partial charge in [-0.05, 0) is 61.4 Å². The molecular formula is C27H24N2O6S. The first-order valence-electron chi connectivity index (χ1n) is 11.7. The number of aromatic nitrogens is 1. The summed E-state index contributed by atoms with van der Waals surface area (Å²) in [6.07, 6.45) is 3.69. The van der Waals surface area contributed by atoms with Crippen LogP contribution in [0.5, 0.6) is 0 Å². The minimum atomic E-state index is -0.656. The first kappa shape index (κ1) is 23.7. The van der Waals surface area contributed by atoms with Gasteiger partial charge in [-0.3, -0.25) is 4.79 Å². The topological polar surface area (TPSA) is 108 Å². The van der Waals surface area contributed by atoms with Crippen molar-refractivity contribution < 1.29 is 28.3 Å². The Kier molecular flexibility index (Phi) is 6.81.